The smallest absolute Gasteiger partial charge is 0.303 e. The van der Waals surface area contributed by atoms with Crippen molar-refractivity contribution in [2.75, 3.05) is 0 Å². The van der Waals surface area contributed by atoms with Crippen LogP contribution in [0.25, 0.3) is 0 Å². The number of aliphatic carboxylic acids is 1. The van der Waals surface area contributed by atoms with Crippen molar-refractivity contribution in [1.29, 1.82) is 0 Å². The van der Waals surface area contributed by atoms with Crippen LogP contribution in [0.5, 0.6) is 0 Å². The fourth-order valence-electron chi connectivity index (χ4n) is 1.99. The van der Waals surface area contributed by atoms with Crippen LogP contribution in [0.2, 0.25) is 0 Å². The molecule has 1 fully saturated rings. The van der Waals surface area contributed by atoms with E-state index in [1.165, 1.54) is 6.07 Å². The molecule has 1 aliphatic rings. The second kappa shape index (κ2) is 4.20. The summed E-state index contributed by atoms with van der Waals surface area (Å²) in [5.41, 5.74) is 0.587. The normalized spacial score (nSPS) is 17.1. The summed E-state index contributed by atoms with van der Waals surface area (Å²) in [5, 5.41) is 8.78. The van der Waals surface area contributed by atoms with Gasteiger partial charge < -0.3 is 5.11 Å². The molecule has 86 valence electrons. The lowest BCUT2D eigenvalue weighted by molar-refractivity contribution is -0.137. The molecule has 1 aliphatic carbocycles. The van der Waals surface area contributed by atoms with Crippen molar-refractivity contribution < 1.29 is 18.7 Å². The summed E-state index contributed by atoms with van der Waals surface area (Å²) < 4.78 is 25.8. The first-order valence-corrected chi connectivity index (χ1v) is 5.24. The minimum Gasteiger partial charge on any atom is -0.481 e. The number of carbonyl (C=O) groups is 1. The van der Waals surface area contributed by atoms with E-state index < -0.39 is 17.6 Å². The molecule has 1 aromatic carbocycles. The van der Waals surface area contributed by atoms with E-state index in [2.05, 4.69) is 0 Å². The number of hydrogen-bond acceptors (Lipinski definition) is 1. The molecule has 2 nitrogen and oxygen atoms in total. The molecule has 1 N–H and O–H groups in total. The maximum atomic E-state index is 13.0. The van der Waals surface area contributed by atoms with Gasteiger partial charge in [0.1, 0.15) is 0 Å². The van der Waals surface area contributed by atoms with Gasteiger partial charge in [0.15, 0.2) is 11.6 Å². The Kier molecular flexibility index (Phi) is 2.90. The number of halogens is 2. The largest absolute Gasteiger partial charge is 0.481 e. The molecular weight excluding hydrogens is 214 g/mol. The van der Waals surface area contributed by atoms with Gasteiger partial charge in [0.25, 0.3) is 0 Å². The van der Waals surface area contributed by atoms with Crippen LogP contribution in [0.4, 0.5) is 8.78 Å². The monoisotopic (exact) mass is 226 g/mol. The molecule has 0 aliphatic heterocycles. The highest BCUT2D eigenvalue weighted by Crippen LogP contribution is 2.44. The van der Waals surface area contributed by atoms with Gasteiger partial charge in [-0.05, 0) is 42.4 Å². The average Bonchev–Trinajstić information content (AvgIpc) is 3.02. The van der Waals surface area contributed by atoms with Gasteiger partial charge in [0.2, 0.25) is 0 Å². The predicted molar refractivity (Wildman–Crippen MR) is 54.1 cm³/mol. The van der Waals surface area contributed by atoms with E-state index in [0.29, 0.717) is 11.5 Å². The molecule has 0 saturated heterocycles. The first-order chi connectivity index (χ1) is 7.58. The van der Waals surface area contributed by atoms with E-state index in [-0.39, 0.29) is 12.3 Å². The Labute approximate surface area is 91.9 Å². The zero-order valence-corrected chi connectivity index (χ0v) is 8.62. The number of carboxylic acid groups (broad SMARTS) is 1. The lowest BCUT2D eigenvalue weighted by Gasteiger charge is -2.14. The van der Waals surface area contributed by atoms with Gasteiger partial charge in [-0.1, -0.05) is 6.07 Å². The van der Waals surface area contributed by atoms with Crippen LogP contribution in [-0.4, -0.2) is 11.1 Å². The van der Waals surface area contributed by atoms with Gasteiger partial charge in [-0.3, -0.25) is 4.79 Å². The van der Waals surface area contributed by atoms with Crippen LogP contribution in [0.3, 0.4) is 0 Å². The minimum atomic E-state index is -0.909. The maximum absolute atomic E-state index is 13.0. The molecule has 1 atom stereocenters. The van der Waals surface area contributed by atoms with Crippen LogP contribution in [0.1, 0.15) is 30.7 Å². The number of hydrogen-bond donors (Lipinski definition) is 1. The van der Waals surface area contributed by atoms with E-state index in [1.807, 2.05) is 0 Å². The van der Waals surface area contributed by atoms with Crippen molar-refractivity contribution in [2.45, 2.75) is 25.2 Å². The first-order valence-electron chi connectivity index (χ1n) is 5.24. The maximum Gasteiger partial charge on any atom is 0.303 e. The topological polar surface area (TPSA) is 37.3 Å². The van der Waals surface area contributed by atoms with Crippen molar-refractivity contribution >= 4 is 5.97 Å². The van der Waals surface area contributed by atoms with E-state index in [1.54, 1.807) is 0 Å². The third-order valence-electron chi connectivity index (χ3n) is 2.96. The van der Waals surface area contributed by atoms with Crippen LogP contribution in [-0.2, 0) is 4.79 Å². The lowest BCUT2D eigenvalue weighted by Crippen LogP contribution is -2.08. The SMILES string of the molecule is O=C(O)CC(c1ccc(F)c(F)c1)C1CC1. The Hall–Kier alpha value is -1.45. The summed E-state index contributed by atoms with van der Waals surface area (Å²) in [4.78, 5) is 10.7. The molecule has 4 heteroatoms. The predicted octanol–water partition coefficient (Wildman–Crippen LogP) is 2.93. The zero-order valence-electron chi connectivity index (χ0n) is 8.62. The highest BCUT2D eigenvalue weighted by atomic mass is 19.2. The minimum absolute atomic E-state index is 0.0181. The molecule has 0 radical (unpaired) electrons. The van der Waals surface area contributed by atoms with Crippen molar-refractivity contribution in [3.05, 3.63) is 35.4 Å². The van der Waals surface area contributed by atoms with Crippen molar-refractivity contribution in [3.63, 3.8) is 0 Å². The van der Waals surface area contributed by atoms with Gasteiger partial charge in [-0.25, -0.2) is 8.78 Å². The molecule has 0 amide bonds. The van der Waals surface area contributed by atoms with Crippen LogP contribution in [0, 0.1) is 17.6 Å². The van der Waals surface area contributed by atoms with Crippen molar-refractivity contribution in [2.24, 2.45) is 5.92 Å². The highest BCUT2D eigenvalue weighted by Gasteiger charge is 2.34. The second-order valence-electron chi connectivity index (χ2n) is 4.22. The molecule has 2 rings (SSSR count). The lowest BCUT2D eigenvalue weighted by atomic mass is 9.91. The summed E-state index contributed by atoms with van der Waals surface area (Å²) in [7, 11) is 0. The third-order valence-corrected chi connectivity index (χ3v) is 2.96. The molecule has 0 aromatic heterocycles. The fraction of sp³-hybridized carbons (Fsp3) is 0.417. The van der Waals surface area contributed by atoms with Gasteiger partial charge in [0, 0.05) is 0 Å². The van der Waals surface area contributed by atoms with Crippen LogP contribution < -0.4 is 0 Å². The van der Waals surface area contributed by atoms with Crippen LogP contribution >= 0.6 is 0 Å². The number of carboxylic acids is 1. The summed E-state index contributed by atoms with van der Waals surface area (Å²) in [5.74, 6) is -2.59. The first kappa shape index (κ1) is 11.0. The standard InChI is InChI=1S/C12H12F2O2/c13-10-4-3-8(5-11(10)14)9(6-12(15)16)7-1-2-7/h3-5,7,9H,1-2,6H2,(H,15,16). The zero-order chi connectivity index (χ0) is 11.7. The van der Waals surface area contributed by atoms with E-state index >= 15 is 0 Å². The Morgan fingerprint density at radius 3 is 2.56 bits per heavy atom. The number of benzene rings is 1. The molecule has 0 heterocycles. The average molecular weight is 226 g/mol. The molecule has 1 saturated carbocycles. The number of rotatable bonds is 4. The van der Waals surface area contributed by atoms with Crippen LogP contribution in [0.15, 0.2) is 18.2 Å². The molecule has 1 unspecified atom stereocenters. The van der Waals surface area contributed by atoms with E-state index in [9.17, 15) is 13.6 Å². The molecular formula is C12H12F2O2. The Morgan fingerprint density at radius 1 is 1.38 bits per heavy atom. The summed E-state index contributed by atoms with van der Waals surface area (Å²) in [6.45, 7) is 0. The van der Waals surface area contributed by atoms with Gasteiger partial charge >= 0.3 is 5.97 Å². The highest BCUT2D eigenvalue weighted by molar-refractivity contribution is 5.68. The quantitative estimate of drug-likeness (QED) is 0.857. The van der Waals surface area contributed by atoms with Gasteiger partial charge in [0.05, 0.1) is 6.42 Å². The summed E-state index contributed by atoms with van der Waals surface area (Å²) >= 11 is 0. The van der Waals surface area contributed by atoms with Crippen molar-refractivity contribution in [3.8, 4) is 0 Å². The van der Waals surface area contributed by atoms with Gasteiger partial charge in [-0.2, -0.15) is 0 Å². The fourth-order valence-corrected chi connectivity index (χ4v) is 1.99. The Balaban J connectivity index is 2.24. The molecule has 0 bridgehead atoms. The Bertz CT molecular complexity index is 413. The summed E-state index contributed by atoms with van der Waals surface area (Å²) in [6, 6.07) is 3.65. The second-order valence-corrected chi connectivity index (χ2v) is 4.22. The Morgan fingerprint density at radius 2 is 2.06 bits per heavy atom. The molecule has 0 spiro atoms. The van der Waals surface area contributed by atoms with E-state index in [0.717, 1.165) is 25.0 Å². The molecule has 16 heavy (non-hydrogen) atoms. The third kappa shape index (κ3) is 2.38. The molecule has 1 aromatic rings. The van der Waals surface area contributed by atoms with Gasteiger partial charge in [-0.15, -0.1) is 0 Å². The van der Waals surface area contributed by atoms with E-state index in [4.69, 9.17) is 5.11 Å². The summed E-state index contributed by atoms with van der Waals surface area (Å²) in [6.07, 6.45) is 1.92. The van der Waals surface area contributed by atoms with Crippen molar-refractivity contribution in [1.82, 2.24) is 0 Å².